The third-order valence-corrected chi connectivity index (χ3v) is 7.36. The van der Waals surface area contributed by atoms with E-state index in [-0.39, 0.29) is 17.2 Å². The first-order valence-corrected chi connectivity index (χ1v) is 12.5. The lowest BCUT2D eigenvalue weighted by Gasteiger charge is -2.13. The smallest absolute Gasteiger partial charge is 0.261 e. The maximum Gasteiger partial charge on any atom is 0.261 e. The van der Waals surface area contributed by atoms with E-state index in [9.17, 15) is 13.2 Å². The topological polar surface area (TPSA) is 107 Å². The fourth-order valence-electron chi connectivity index (χ4n) is 4.08. The molecule has 1 aliphatic heterocycles. The van der Waals surface area contributed by atoms with Crippen molar-refractivity contribution >= 4 is 38.2 Å². The molecule has 1 amide bonds. The first kappa shape index (κ1) is 23.4. The van der Waals surface area contributed by atoms with Crippen molar-refractivity contribution in [2.45, 2.75) is 11.3 Å². The van der Waals surface area contributed by atoms with Gasteiger partial charge in [0.05, 0.1) is 31.1 Å². The van der Waals surface area contributed by atoms with Crippen molar-refractivity contribution in [1.29, 1.82) is 0 Å². The van der Waals surface area contributed by atoms with Crippen LogP contribution in [0.1, 0.15) is 5.56 Å². The van der Waals surface area contributed by atoms with Gasteiger partial charge in [-0.2, -0.15) is 0 Å². The molecule has 1 aliphatic rings. The van der Waals surface area contributed by atoms with Crippen LogP contribution in [0.3, 0.4) is 0 Å². The molecule has 9 nitrogen and oxygen atoms in total. The molecule has 1 N–H and O–H groups in total. The van der Waals surface area contributed by atoms with Crippen LogP contribution in [0.2, 0.25) is 0 Å². The van der Waals surface area contributed by atoms with Gasteiger partial charge in [0, 0.05) is 36.1 Å². The second-order valence-electron chi connectivity index (χ2n) is 8.19. The number of nitrogens with one attached hydrogen (secondary N) is 1. The van der Waals surface area contributed by atoms with E-state index in [4.69, 9.17) is 14.2 Å². The summed E-state index contributed by atoms with van der Waals surface area (Å²) in [5, 5.41) is 0.737. The SMILES string of the molecule is COc1cc2nccc(Oc3ccc(NS(=O)(=O)c4ccc5c(c4)CC(=O)N5C)cc3)c2cc1OC. The van der Waals surface area contributed by atoms with Crippen molar-refractivity contribution in [1.82, 2.24) is 4.98 Å². The maximum absolute atomic E-state index is 12.9. The predicted molar refractivity (Wildman–Crippen MR) is 136 cm³/mol. The van der Waals surface area contributed by atoms with Gasteiger partial charge in [-0.1, -0.05) is 0 Å². The van der Waals surface area contributed by atoms with Crippen LogP contribution >= 0.6 is 0 Å². The number of benzene rings is 3. The number of rotatable bonds is 7. The number of pyridine rings is 1. The van der Waals surface area contributed by atoms with E-state index in [0.29, 0.717) is 39.8 Å². The quantitative estimate of drug-likeness (QED) is 0.398. The minimum Gasteiger partial charge on any atom is -0.493 e. The zero-order valence-electron chi connectivity index (χ0n) is 19.8. The summed E-state index contributed by atoms with van der Waals surface area (Å²) in [6.45, 7) is 0. The zero-order valence-corrected chi connectivity index (χ0v) is 20.6. The van der Waals surface area contributed by atoms with Gasteiger partial charge < -0.3 is 19.1 Å². The highest BCUT2D eigenvalue weighted by atomic mass is 32.2. The highest BCUT2D eigenvalue weighted by Crippen LogP contribution is 2.37. The molecule has 184 valence electrons. The number of hydrogen-bond acceptors (Lipinski definition) is 7. The molecule has 0 radical (unpaired) electrons. The van der Waals surface area contributed by atoms with Crippen LogP contribution in [0.25, 0.3) is 10.9 Å². The molecule has 1 aromatic heterocycles. The largest absolute Gasteiger partial charge is 0.493 e. The standard InChI is InChI=1S/C26H23N3O6S/c1-29-22-9-8-19(12-16(22)13-26(29)30)36(31,32)28-17-4-6-18(7-5-17)35-23-10-11-27-21-15-25(34-3)24(33-2)14-20(21)23/h4-12,14-15,28H,13H2,1-3H3. The normalized spacial score (nSPS) is 13.0. The Hall–Kier alpha value is -4.31. The summed E-state index contributed by atoms with van der Waals surface area (Å²) >= 11 is 0. The fraction of sp³-hybridized carbons (Fsp3) is 0.154. The van der Waals surface area contributed by atoms with Gasteiger partial charge in [-0.25, -0.2) is 8.42 Å². The van der Waals surface area contributed by atoms with E-state index in [0.717, 1.165) is 11.1 Å². The van der Waals surface area contributed by atoms with Crippen molar-refractivity contribution in [2.75, 3.05) is 30.9 Å². The Kier molecular flexibility index (Phi) is 5.89. The van der Waals surface area contributed by atoms with Crippen molar-refractivity contribution in [3.63, 3.8) is 0 Å². The molecule has 0 saturated heterocycles. The highest BCUT2D eigenvalue weighted by molar-refractivity contribution is 7.92. The number of ether oxygens (including phenoxy) is 3. The number of hydrogen-bond donors (Lipinski definition) is 1. The number of carbonyl (C=O) groups is 1. The molecule has 4 aromatic rings. The Morgan fingerprint density at radius 3 is 2.36 bits per heavy atom. The molecule has 10 heteroatoms. The Balaban J connectivity index is 1.36. The molecule has 0 saturated carbocycles. The summed E-state index contributed by atoms with van der Waals surface area (Å²) < 4.78 is 45.2. The van der Waals surface area contributed by atoms with Crippen LogP contribution < -0.4 is 23.8 Å². The molecule has 36 heavy (non-hydrogen) atoms. The molecule has 0 unspecified atom stereocenters. The van der Waals surface area contributed by atoms with Gasteiger partial charge in [0.1, 0.15) is 11.5 Å². The first-order chi connectivity index (χ1) is 17.3. The Morgan fingerprint density at radius 2 is 1.64 bits per heavy atom. The van der Waals surface area contributed by atoms with Crippen LogP contribution in [-0.2, 0) is 21.2 Å². The molecule has 0 atom stereocenters. The fourth-order valence-corrected chi connectivity index (χ4v) is 5.19. The van der Waals surface area contributed by atoms with E-state index >= 15 is 0 Å². The minimum atomic E-state index is -3.84. The molecule has 0 spiro atoms. The lowest BCUT2D eigenvalue weighted by Crippen LogP contribution is -2.20. The van der Waals surface area contributed by atoms with Crippen molar-refractivity contribution in [3.05, 3.63) is 72.4 Å². The van der Waals surface area contributed by atoms with E-state index in [1.165, 1.54) is 17.0 Å². The Labute approximate surface area is 208 Å². The Bertz CT molecular complexity index is 1590. The van der Waals surface area contributed by atoms with E-state index in [2.05, 4.69) is 9.71 Å². The van der Waals surface area contributed by atoms with E-state index < -0.39 is 10.0 Å². The third kappa shape index (κ3) is 4.27. The van der Waals surface area contributed by atoms with Crippen LogP contribution in [0.15, 0.2) is 71.8 Å². The van der Waals surface area contributed by atoms with Gasteiger partial charge in [0.15, 0.2) is 11.5 Å². The summed E-state index contributed by atoms with van der Waals surface area (Å²) in [6.07, 6.45) is 1.82. The molecule has 0 aliphatic carbocycles. The Morgan fingerprint density at radius 1 is 0.917 bits per heavy atom. The monoisotopic (exact) mass is 505 g/mol. The summed E-state index contributed by atoms with van der Waals surface area (Å²) in [5.74, 6) is 2.12. The van der Waals surface area contributed by atoms with Crippen LogP contribution in [0, 0.1) is 0 Å². The number of nitrogens with zero attached hydrogens (tertiary/aromatic N) is 2. The predicted octanol–water partition coefficient (Wildman–Crippen LogP) is 4.36. The molecular weight excluding hydrogens is 482 g/mol. The second kappa shape index (κ2) is 9.04. The summed E-state index contributed by atoms with van der Waals surface area (Å²) in [5.41, 5.74) is 2.46. The number of anilines is 2. The van der Waals surface area contributed by atoms with Crippen molar-refractivity contribution in [2.24, 2.45) is 0 Å². The summed E-state index contributed by atoms with van der Waals surface area (Å²) in [6, 6.07) is 16.5. The zero-order chi connectivity index (χ0) is 25.4. The first-order valence-electron chi connectivity index (χ1n) is 11.0. The van der Waals surface area contributed by atoms with Crippen LogP contribution in [0.4, 0.5) is 11.4 Å². The number of likely N-dealkylation sites (N-methyl/N-ethyl adjacent to an activating group) is 1. The summed E-state index contributed by atoms with van der Waals surface area (Å²) in [4.78, 5) is 17.9. The number of methoxy groups -OCH3 is 2. The lowest BCUT2D eigenvalue weighted by atomic mass is 10.2. The molecule has 0 bridgehead atoms. The third-order valence-electron chi connectivity index (χ3n) is 5.98. The molecule has 2 heterocycles. The number of fused-ring (bicyclic) bond motifs is 2. The average molecular weight is 506 g/mol. The van der Waals surface area contributed by atoms with Gasteiger partial charge in [-0.15, -0.1) is 0 Å². The number of sulfonamides is 1. The summed E-state index contributed by atoms with van der Waals surface area (Å²) in [7, 11) is 0.949. The number of amides is 1. The van der Waals surface area contributed by atoms with Crippen molar-refractivity contribution < 1.29 is 27.4 Å². The van der Waals surface area contributed by atoms with E-state index in [1.807, 2.05) is 0 Å². The van der Waals surface area contributed by atoms with Gasteiger partial charge in [0.25, 0.3) is 10.0 Å². The average Bonchev–Trinajstić information content (AvgIpc) is 3.17. The van der Waals surface area contributed by atoms with Gasteiger partial charge in [-0.05, 0) is 60.2 Å². The van der Waals surface area contributed by atoms with Crippen molar-refractivity contribution in [3.8, 4) is 23.0 Å². The molecule has 0 fully saturated rings. The minimum absolute atomic E-state index is 0.0670. The molecule has 5 rings (SSSR count). The number of aromatic nitrogens is 1. The van der Waals surface area contributed by atoms with E-state index in [1.54, 1.807) is 76.0 Å². The van der Waals surface area contributed by atoms with Gasteiger partial charge in [0.2, 0.25) is 5.91 Å². The maximum atomic E-state index is 12.9. The molecule has 3 aromatic carbocycles. The van der Waals surface area contributed by atoms with Crippen LogP contribution in [-0.4, -0.2) is 40.6 Å². The van der Waals surface area contributed by atoms with Gasteiger partial charge in [-0.3, -0.25) is 14.5 Å². The second-order valence-corrected chi connectivity index (χ2v) is 9.87. The van der Waals surface area contributed by atoms with Crippen LogP contribution in [0.5, 0.6) is 23.0 Å². The molecular formula is C26H23N3O6S. The van der Waals surface area contributed by atoms with Gasteiger partial charge >= 0.3 is 0 Å². The lowest BCUT2D eigenvalue weighted by molar-refractivity contribution is -0.117. The highest BCUT2D eigenvalue weighted by Gasteiger charge is 2.26. The number of carbonyl (C=O) groups excluding carboxylic acids is 1.